The smallest absolute Gasteiger partial charge is 0.179 e. The number of ether oxygens (including phenoxy) is 1. The predicted molar refractivity (Wildman–Crippen MR) is 47.5 cm³/mol. The summed E-state index contributed by atoms with van der Waals surface area (Å²) in [5.74, 6) is 0. The van der Waals surface area contributed by atoms with Gasteiger partial charge in [0.2, 0.25) is 0 Å². The normalized spacial score (nSPS) is 14.5. The van der Waals surface area contributed by atoms with Gasteiger partial charge >= 0.3 is 0 Å². The molecule has 4 heteroatoms. The first-order valence-corrected chi connectivity index (χ1v) is 3.61. The Morgan fingerprint density at radius 1 is 1.36 bits per heavy atom. The van der Waals surface area contributed by atoms with E-state index in [9.17, 15) is 0 Å². The summed E-state index contributed by atoms with van der Waals surface area (Å²) >= 11 is 5.09. The summed E-state index contributed by atoms with van der Waals surface area (Å²) in [6.45, 7) is 0. The van der Waals surface area contributed by atoms with Gasteiger partial charge in [0, 0.05) is 26.5 Å². The molecule has 0 atom stereocenters. The number of hydrogen-bond acceptors (Lipinski definition) is 2. The van der Waals surface area contributed by atoms with Crippen LogP contribution in [0.25, 0.3) is 0 Å². The second-order valence-electron chi connectivity index (χ2n) is 2.29. The topological polar surface area (TPSA) is 15.7 Å². The van der Waals surface area contributed by atoms with E-state index in [0.29, 0.717) is 0 Å². The monoisotopic (exact) mass is 170 g/mol. The van der Waals surface area contributed by atoms with Crippen molar-refractivity contribution in [2.75, 3.05) is 14.1 Å². The quantitative estimate of drug-likeness (QED) is 0.506. The van der Waals surface area contributed by atoms with Crippen LogP contribution < -0.4 is 0 Å². The second kappa shape index (κ2) is 3.39. The zero-order chi connectivity index (χ0) is 8.27. The minimum Gasteiger partial charge on any atom is -0.470 e. The standard InChI is InChI=1S/C7H10N2OS/c1-8(2)7(11)9-3-5-10-6-4-9/h3-6H,1-2H3. The SMILES string of the molecule is CN(C)C(=S)N1C=COC=C1. The molecule has 0 aliphatic carbocycles. The summed E-state index contributed by atoms with van der Waals surface area (Å²) in [7, 11) is 3.80. The average Bonchev–Trinajstić information content (AvgIpc) is 2.05. The van der Waals surface area contributed by atoms with Crippen LogP contribution in [0, 0.1) is 0 Å². The maximum atomic E-state index is 5.09. The molecule has 1 aliphatic heterocycles. The molecule has 0 fully saturated rings. The molecule has 0 radical (unpaired) electrons. The van der Waals surface area contributed by atoms with E-state index >= 15 is 0 Å². The second-order valence-corrected chi connectivity index (χ2v) is 2.66. The van der Waals surface area contributed by atoms with Gasteiger partial charge in [-0.3, -0.25) is 4.90 Å². The molecular formula is C7H10N2OS. The first-order valence-electron chi connectivity index (χ1n) is 3.20. The fraction of sp³-hybridized carbons (Fsp3) is 0.286. The molecule has 0 aromatic carbocycles. The molecular weight excluding hydrogens is 160 g/mol. The highest BCUT2D eigenvalue weighted by Crippen LogP contribution is 2.02. The highest BCUT2D eigenvalue weighted by Gasteiger charge is 2.06. The molecule has 11 heavy (non-hydrogen) atoms. The molecule has 60 valence electrons. The van der Waals surface area contributed by atoms with E-state index < -0.39 is 0 Å². The van der Waals surface area contributed by atoms with E-state index in [2.05, 4.69) is 0 Å². The van der Waals surface area contributed by atoms with Crippen LogP contribution in [-0.2, 0) is 4.74 Å². The third-order valence-electron chi connectivity index (χ3n) is 1.20. The summed E-state index contributed by atoms with van der Waals surface area (Å²) in [6.07, 6.45) is 6.69. The zero-order valence-electron chi connectivity index (χ0n) is 6.52. The Balaban J connectivity index is 2.60. The number of thiocarbonyl (C=S) groups is 1. The molecule has 0 aromatic heterocycles. The van der Waals surface area contributed by atoms with Gasteiger partial charge < -0.3 is 9.64 Å². The van der Waals surface area contributed by atoms with Crippen LogP contribution >= 0.6 is 12.2 Å². The zero-order valence-corrected chi connectivity index (χ0v) is 7.34. The lowest BCUT2D eigenvalue weighted by Gasteiger charge is -2.23. The van der Waals surface area contributed by atoms with Crippen LogP contribution in [0.5, 0.6) is 0 Å². The van der Waals surface area contributed by atoms with Gasteiger partial charge in [0.15, 0.2) is 5.11 Å². The highest BCUT2D eigenvalue weighted by atomic mass is 32.1. The fourth-order valence-electron chi connectivity index (χ4n) is 0.655. The molecule has 0 saturated carbocycles. The summed E-state index contributed by atoms with van der Waals surface area (Å²) in [4.78, 5) is 3.66. The molecule has 0 saturated heterocycles. The first-order chi connectivity index (χ1) is 5.22. The minimum atomic E-state index is 0.737. The highest BCUT2D eigenvalue weighted by molar-refractivity contribution is 7.80. The van der Waals surface area contributed by atoms with Crippen molar-refractivity contribution in [2.24, 2.45) is 0 Å². The molecule has 1 aliphatic rings. The van der Waals surface area contributed by atoms with Gasteiger partial charge in [-0.25, -0.2) is 0 Å². The molecule has 0 unspecified atom stereocenters. The summed E-state index contributed by atoms with van der Waals surface area (Å²) in [5, 5.41) is 0.737. The lowest BCUT2D eigenvalue weighted by atomic mass is 10.6. The Bertz CT molecular complexity index is 198. The molecule has 0 N–H and O–H groups in total. The lowest BCUT2D eigenvalue weighted by molar-refractivity contribution is 0.368. The number of rotatable bonds is 0. The van der Waals surface area contributed by atoms with E-state index in [4.69, 9.17) is 17.0 Å². The van der Waals surface area contributed by atoms with Crippen molar-refractivity contribution in [1.82, 2.24) is 9.80 Å². The molecule has 0 aromatic rings. The van der Waals surface area contributed by atoms with Crippen molar-refractivity contribution >= 4 is 17.3 Å². The van der Waals surface area contributed by atoms with Crippen LogP contribution in [0.15, 0.2) is 24.9 Å². The van der Waals surface area contributed by atoms with E-state index in [1.54, 1.807) is 29.8 Å². The number of hydrogen-bond donors (Lipinski definition) is 0. The predicted octanol–water partition coefficient (Wildman–Crippen LogP) is 1.11. The lowest BCUT2D eigenvalue weighted by Crippen LogP contribution is -2.32. The molecule has 0 amide bonds. The maximum Gasteiger partial charge on any atom is 0.179 e. The van der Waals surface area contributed by atoms with Crippen LogP contribution in [-0.4, -0.2) is 29.0 Å². The number of nitrogens with zero attached hydrogens (tertiary/aromatic N) is 2. The van der Waals surface area contributed by atoms with Gasteiger partial charge in [0.1, 0.15) is 12.5 Å². The van der Waals surface area contributed by atoms with Crippen molar-refractivity contribution in [3.05, 3.63) is 24.9 Å². The van der Waals surface area contributed by atoms with Gasteiger partial charge in [-0.15, -0.1) is 0 Å². The molecule has 1 rings (SSSR count). The van der Waals surface area contributed by atoms with Gasteiger partial charge in [-0.2, -0.15) is 0 Å². The summed E-state index contributed by atoms with van der Waals surface area (Å²) in [6, 6.07) is 0. The van der Waals surface area contributed by atoms with Crippen molar-refractivity contribution in [3.63, 3.8) is 0 Å². The Hall–Kier alpha value is -1.03. The third kappa shape index (κ3) is 1.94. The van der Waals surface area contributed by atoms with Crippen molar-refractivity contribution in [3.8, 4) is 0 Å². The van der Waals surface area contributed by atoms with Crippen LogP contribution in [0.2, 0.25) is 0 Å². The molecule has 0 spiro atoms. The molecule has 0 bridgehead atoms. The average molecular weight is 170 g/mol. The Morgan fingerprint density at radius 3 is 2.36 bits per heavy atom. The van der Waals surface area contributed by atoms with E-state index in [1.165, 1.54) is 0 Å². The first kappa shape index (κ1) is 8.07. The molecule has 1 heterocycles. The van der Waals surface area contributed by atoms with Gasteiger partial charge in [-0.05, 0) is 12.2 Å². The van der Waals surface area contributed by atoms with E-state index in [1.807, 2.05) is 19.0 Å². The van der Waals surface area contributed by atoms with Crippen LogP contribution in [0.1, 0.15) is 0 Å². The van der Waals surface area contributed by atoms with Gasteiger partial charge in [0.25, 0.3) is 0 Å². The summed E-state index contributed by atoms with van der Waals surface area (Å²) < 4.78 is 4.85. The summed E-state index contributed by atoms with van der Waals surface area (Å²) in [5.41, 5.74) is 0. The Morgan fingerprint density at radius 2 is 1.91 bits per heavy atom. The van der Waals surface area contributed by atoms with Gasteiger partial charge in [0.05, 0.1) is 0 Å². The Labute approximate surface area is 71.5 Å². The van der Waals surface area contributed by atoms with Gasteiger partial charge in [-0.1, -0.05) is 0 Å². The van der Waals surface area contributed by atoms with E-state index in [0.717, 1.165) is 5.11 Å². The molecule has 3 nitrogen and oxygen atoms in total. The van der Waals surface area contributed by atoms with Crippen molar-refractivity contribution in [2.45, 2.75) is 0 Å². The largest absolute Gasteiger partial charge is 0.470 e. The van der Waals surface area contributed by atoms with Crippen LogP contribution in [0.3, 0.4) is 0 Å². The minimum absolute atomic E-state index is 0.737. The van der Waals surface area contributed by atoms with Crippen LogP contribution in [0.4, 0.5) is 0 Å². The third-order valence-corrected chi connectivity index (χ3v) is 1.78. The van der Waals surface area contributed by atoms with Crippen molar-refractivity contribution < 1.29 is 4.74 Å². The fourth-order valence-corrected chi connectivity index (χ4v) is 0.777. The Kier molecular flexibility index (Phi) is 2.48. The van der Waals surface area contributed by atoms with E-state index in [-0.39, 0.29) is 0 Å². The maximum absolute atomic E-state index is 5.09. The van der Waals surface area contributed by atoms with Crippen molar-refractivity contribution in [1.29, 1.82) is 0 Å².